The normalized spacial score (nSPS) is 31.4. The van der Waals surface area contributed by atoms with Crippen LogP contribution >= 0.6 is 0 Å². The predicted molar refractivity (Wildman–Crippen MR) is 34.6 cm³/mol. The Morgan fingerprint density at radius 2 is 2.62 bits per heavy atom. The van der Waals surface area contributed by atoms with Gasteiger partial charge in [-0.1, -0.05) is 24.6 Å². The Labute approximate surface area is 49.9 Å². The lowest BCUT2D eigenvalue weighted by Crippen LogP contribution is -1.80. The van der Waals surface area contributed by atoms with E-state index in [1.54, 1.807) is 11.1 Å². The molecule has 8 heavy (non-hydrogen) atoms. The molecule has 0 saturated carbocycles. The third-order valence-corrected chi connectivity index (χ3v) is 2.13. The van der Waals surface area contributed by atoms with E-state index < -0.39 is 0 Å². The molecular weight excluding hydrogens is 96.1 g/mol. The molecule has 0 N–H and O–H groups in total. The Morgan fingerprint density at radius 1 is 1.75 bits per heavy atom. The van der Waals surface area contributed by atoms with E-state index in [1.807, 2.05) is 0 Å². The molecule has 2 aliphatic rings. The molecule has 0 aromatic heterocycles. The molecule has 0 aromatic rings. The second kappa shape index (κ2) is 1.25. The van der Waals surface area contributed by atoms with Gasteiger partial charge < -0.3 is 0 Å². The Hall–Kier alpha value is -0.520. The molecule has 0 heteroatoms. The first-order valence-corrected chi connectivity index (χ1v) is 3.33. The molecule has 42 valence electrons. The van der Waals surface area contributed by atoms with E-state index in [-0.39, 0.29) is 0 Å². The number of rotatable bonds is 1. The molecule has 0 heterocycles. The molecule has 0 aromatic carbocycles. The largest absolute Gasteiger partial charge is 0.0801 e. The number of hydrogen-bond acceptors (Lipinski definition) is 0. The summed E-state index contributed by atoms with van der Waals surface area (Å²) in [6, 6.07) is 0. The smallest absolute Gasteiger partial charge is 0.00544 e. The maximum Gasteiger partial charge on any atom is 0.00544 e. The van der Waals surface area contributed by atoms with Crippen molar-refractivity contribution >= 4 is 0 Å². The molecule has 0 spiro atoms. The molecule has 0 unspecified atom stereocenters. The first kappa shape index (κ1) is 4.37. The highest BCUT2D eigenvalue weighted by Gasteiger charge is 2.33. The molecule has 0 fully saturated rings. The van der Waals surface area contributed by atoms with E-state index in [0.29, 0.717) is 0 Å². The Bertz CT molecular complexity index is 172. The minimum atomic E-state index is 0.917. The summed E-state index contributed by atoms with van der Waals surface area (Å²) in [4.78, 5) is 0. The van der Waals surface area contributed by atoms with E-state index in [2.05, 4.69) is 19.1 Å². The summed E-state index contributed by atoms with van der Waals surface area (Å²) in [5.41, 5.74) is 3.36. The highest BCUT2D eigenvalue weighted by Crippen LogP contribution is 2.48. The standard InChI is InChI=1S/C8H10/c1-2-6-7-4-3-5-8(6)7/h3-4,6H,2,5H2,1H3/t6-/m0/s1. The van der Waals surface area contributed by atoms with Gasteiger partial charge >= 0.3 is 0 Å². The third-order valence-electron chi connectivity index (χ3n) is 2.13. The van der Waals surface area contributed by atoms with E-state index in [1.165, 1.54) is 12.8 Å². The van der Waals surface area contributed by atoms with Gasteiger partial charge in [-0.05, 0) is 18.4 Å². The van der Waals surface area contributed by atoms with Gasteiger partial charge in [0.15, 0.2) is 0 Å². The second-order valence-electron chi connectivity index (χ2n) is 2.55. The zero-order valence-electron chi connectivity index (χ0n) is 5.15. The maximum atomic E-state index is 2.28. The molecule has 1 atom stereocenters. The Balaban J connectivity index is 2.11. The lowest BCUT2D eigenvalue weighted by atomic mass is 10.1. The fraction of sp³-hybridized carbons (Fsp3) is 0.500. The zero-order chi connectivity index (χ0) is 5.56. The van der Waals surface area contributed by atoms with Gasteiger partial charge in [0.25, 0.3) is 0 Å². The lowest BCUT2D eigenvalue weighted by molar-refractivity contribution is 0.803. The molecular formula is C8H10. The summed E-state index contributed by atoms with van der Waals surface area (Å²) in [7, 11) is 0. The van der Waals surface area contributed by atoms with E-state index in [4.69, 9.17) is 0 Å². The summed E-state index contributed by atoms with van der Waals surface area (Å²) in [5.74, 6) is 0.917. The first-order chi connectivity index (χ1) is 3.93. The molecule has 0 radical (unpaired) electrons. The van der Waals surface area contributed by atoms with Crippen LogP contribution in [0.2, 0.25) is 0 Å². The van der Waals surface area contributed by atoms with Crippen molar-refractivity contribution < 1.29 is 0 Å². The zero-order valence-corrected chi connectivity index (χ0v) is 5.15. The average molecular weight is 106 g/mol. The SMILES string of the molecule is CC[C@H]1C2=C1CC=C2. The second-order valence-corrected chi connectivity index (χ2v) is 2.55. The van der Waals surface area contributed by atoms with Crippen molar-refractivity contribution in [2.45, 2.75) is 19.8 Å². The fourth-order valence-electron chi connectivity index (χ4n) is 1.60. The van der Waals surface area contributed by atoms with Crippen molar-refractivity contribution in [3.05, 3.63) is 23.3 Å². The van der Waals surface area contributed by atoms with Crippen molar-refractivity contribution in [3.8, 4) is 0 Å². The predicted octanol–water partition coefficient (Wildman–Crippen LogP) is 2.28. The molecule has 0 saturated heterocycles. The van der Waals surface area contributed by atoms with Crippen LogP contribution in [0.4, 0.5) is 0 Å². The molecule has 0 bridgehead atoms. The first-order valence-electron chi connectivity index (χ1n) is 3.33. The minimum absolute atomic E-state index is 0.917. The Kier molecular flexibility index (Phi) is 0.682. The van der Waals surface area contributed by atoms with Crippen LogP contribution in [0.5, 0.6) is 0 Å². The van der Waals surface area contributed by atoms with Crippen molar-refractivity contribution in [2.24, 2.45) is 5.92 Å². The van der Waals surface area contributed by atoms with Crippen LogP contribution in [-0.4, -0.2) is 0 Å². The van der Waals surface area contributed by atoms with Crippen LogP contribution in [0.15, 0.2) is 23.3 Å². The van der Waals surface area contributed by atoms with Gasteiger partial charge in [0, 0.05) is 5.92 Å². The van der Waals surface area contributed by atoms with Gasteiger partial charge in [-0.15, -0.1) is 0 Å². The van der Waals surface area contributed by atoms with Crippen LogP contribution in [0.3, 0.4) is 0 Å². The number of hydrogen-bond donors (Lipinski definition) is 0. The lowest BCUT2D eigenvalue weighted by Gasteiger charge is -1.93. The van der Waals surface area contributed by atoms with Gasteiger partial charge in [0.1, 0.15) is 0 Å². The highest BCUT2D eigenvalue weighted by atomic mass is 14.4. The monoisotopic (exact) mass is 106 g/mol. The number of allylic oxidation sites excluding steroid dienone is 4. The van der Waals surface area contributed by atoms with Crippen LogP contribution in [0, 0.1) is 5.92 Å². The van der Waals surface area contributed by atoms with Crippen LogP contribution in [-0.2, 0) is 0 Å². The van der Waals surface area contributed by atoms with Gasteiger partial charge in [0.2, 0.25) is 0 Å². The maximum absolute atomic E-state index is 2.28. The topological polar surface area (TPSA) is 0 Å². The average Bonchev–Trinajstić information content (AvgIpc) is 2.22. The van der Waals surface area contributed by atoms with E-state index in [9.17, 15) is 0 Å². The van der Waals surface area contributed by atoms with E-state index in [0.717, 1.165) is 5.92 Å². The molecule has 2 rings (SSSR count). The van der Waals surface area contributed by atoms with Gasteiger partial charge in [0.05, 0.1) is 0 Å². The van der Waals surface area contributed by atoms with Gasteiger partial charge in [-0.25, -0.2) is 0 Å². The van der Waals surface area contributed by atoms with Gasteiger partial charge in [-0.2, -0.15) is 0 Å². The van der Waals surface area contributed by atoms with Crippen LogP contribution < -0.4 is 0 Å². The summed E-state index contributed by atoms with van der Waals surface area (Å²) in [6.07, 6.45) is 7.13. The molecule has 0 nitrogen and oxygen atoms in total. The third kappa shape index (κ3) is 0.360. The summed E-state index contributed by atoms with van der Waals surface area (Å²) in [5, 5.41) is 0. The van der Waals surface area contributed by atoms with Crippen molar-refractivity contribution in [1.82, 2.24) is 0 Å². The van der Waals surface area contributed by atoms with Crippen LogP contribution in [0.1, 0.15) is 19.8 Å². The van der Waals surface area contributed by atoms with Crippen molar-refractivity contribution in [1.29, 1.82) is 0 Å². The van der Waals surface area contributed by atoms with E-state index >= 15 is 0 Å². The van der Waals surface area contributed by atoms with Gasteiger partial charge in [-0.3, -0.25) is 0 Å². The molecule has 0 aliphatic heterocycles. The Morgan fingerprint density at radius 3 is 3.00 bits per heavy atom. The molecule has 0 amide bonds. The quantitative estimate of drug-likeness (QED) is 0.481. The minimum Gasteiger partial charge on any atom is -0.0801 e. The van der Waals surface area contributed by atoms with Crippen molar-refractivity contribution in [3.63, 3.8) is 0 Å². The summed E-state index contributed by atoms with van der Waals surface area (Å²) >= 11 is 0. The summed E-state index contributed by atoms with van der Waals surface area (Å²) < 4.78 is 0. The fourth-order valence-corrected chi connectivity index (χ4v) is 1.60. The summed E-state index contributed by atoms with van der Waals surface area (Å²) in [6.45, 7) is 2.26. The highest BCUT2D eigenvalue weighted by molar-refractivity contribution is 5.53. The van der Waals surface area contributed by atoms with Crippen LogP contribution in [0.25, 0.3) is 0 Å². The molecule has 2 aliphatic carbocycles. The van der Waals surface area contributed by atoms with Crippen molar-refractivity contribution in [2.75, 3.05) is 0 Å².